The van der Waals surface area contributed by atoms with E-state index in [0.29, 0.717) is 12.3 Å². The monoisotopic (exact) mass is 368 g/mol. The van der Waals surface area contributed by atoms with Gasteiger partial charge >= 0.3 is 6.18 Å². The average Bonchev–Trinajstić information content (AvgIpc) is 2.56. The largest absolute Gasteiger partial charge is 0.417 e. The Kier molecular flexibility index (Phi) is 4.89. The number of aromatic nitrogens is 1. The average molecular weight is 368 g/mol. The molecule has 3 rings (SSSR count). The van der Waals surface area contributed by atoms with Crippen molar-refractivity contribution in [3.05, 3.63) is 64.1 Å². The molecular weight excluding hydrogens is 353 g/mol. The van der Waals surface area contributed by atoms with Crippen molar-refractivity contribution in [2.75, 3.05) is 5.75 Å². The Labute approximate surface area is 146 Å². The molecule has 2 heterocycles. The number of nitrogens with zero attached hydrogens (tertiary/aromatic N) is 1. The summed E-state index contributed by atoms with van der Waals surface area (Å²) >= 11 is 1.70. The van der Waals surface area contributed by atoms with E-state index in [2.05, 4.69) is 5.32 Å². The van der Waals surface area contributed by atoms with Crippen LogP contribution < -0.4 is 10.9 Å². The number of carbonyl (C=O) groups excluding carboxylic acids is 1. The predicted octanol–water partition coefficient (Wildman–Crippen LogP) is 3.22. The van der Waals surface area contributed by atoms with Crippen LogP contribution in [0, 0.1) is 0 Å². The van der Waals surface area contributed by atoms with Crippen LogP contribution in [-0.2, 0) is 17.5 Å². The molecule has 0 unspecified atom stereocenters. The lowest BCUT2D eigenvalue weighted by molar-refractivity contribution is -0.138. The topological polar surface area (TPSA) is 51.1 Å². The van der Waals surface area contributed by atoms with Gasteiger partial charge in [0.15, 0.2) is 0 Å². The van der Waals surface area contributed by atoms with Crippen molar-refractivity contribution in [3.63, 3.8) is 0 Å². The molecule has 0 saturated carbocycles. The zero-order chi connectivity index (χ0) is 18.0. The number of hydrogen-bond acceptors (Lipinski definition) is 3. The predicted molar refractivity (Wildman–Crippen MR) is 88.4 cm³/mol. The first-order valence-electron chi connectivity index (χ1n) is 7.63. The summed E-state index contributed by atoms with van der Waals surface area (Å²) < 4.78 is 39.0. The zero-order valence-corrected chi connectivity index (χ0v) is 13.9. The SMILES string of the molecule is O=C(Cn1cc(C(F)(F)F)ccc1=O)N[C@@H]1CCSc2ccccc21. The van der Waals surface area contributed by atoms with Crippen LogP contribution in [0.1, 0.15) is 23.6 Å². The molecule has 132 valence electrons. The molecule has 0 radical (unpaired) electrons. The molecule has 1 aromatic carbocycles. The fraction of sp³-hybridized carbons (Fsp3) is 0.294. The van der Waals surface area contributed by atoms with Crippen LogP contribution in [0.4, 0.5) is 13.2 Å². The molecular formula is C17H15F3N2O2S. The molecule has 2 aromatic rings. The van der Waals surface area contributed by atoms with Crippen molar-refractivity contribution in [3.8, 4) is 0 Å². The highest BCUT2D eigenvalue weighted by molar-refractivity contribution is 7.99. The molecule has 0 fully saturated rings. The maximum absolute atomic E-state index is 12.8. The van der Waals surface area contributed by atoms with Gasteiger partial charge in [0.25, 0.3) is 5.56 Å². The number of halogens is 3. The minimum absolute atomic E-state index is 0.202. The van der Waals surface area contributed by atoms with Crippen molar-refractivity contribution in [2.24, 2.45) is 0 Å². The van der Waals surface area contributed by atoms with Gasteiger partial charge in [0.1, 0.15) is 6.54 Å². The molecule has 8 heteroatoms. The smallest absolute Gasteiger partial charge is 0.348 e. The van der Waals surface area contributed by atoms with Crippen LogP contribution in [0.5, 0.6) is 0 Å². The van der Waals surface area contributed by atoms with E-state index in [4.69, 9.17) is 0 Å². The van der Waals surface area contributed by atoms with Gasteiger partial charge < -0.3 is 9.88 Å². The Balaban J connectivity index is 1.75. The summed E-state index contributed by atoms with van der Waals surface area (Å²) in [5.74, 6) is 0.346. The summed E-state index contributed by atoms with van der Waals surface area (Å²) in [7, 11) is 0. The van der Waals surface area contributed by atoms with Gasteiger partial charge in [-0.05, 0) is 24.1 Å². The van der Waals surface area contributed by atoms with Crippen molar-refractivity contribution in [1.29, 1.82) is 0 Å². The Hall–Kier alpha value is -2.22. The summed E-state index contributed by atoms with van der Waals surface area (Å²) in [6.45, 7) is -0.450. The Morgan fingerprint density at radius 1 is 1.24 bits per heavy atom. The molecule has 1 N–H and O–H groups in total. The summed E-state index contributed by atoms with van der Waals surface area (Å²) in [4.78, 5) is 25.1. The number of pyridine rings is 1. The summed E-state index contributed by atoms with van der Waals surface area (Å²) in [5.41, 5.74) is -0.620. The van der Waals surface area contributed by atoms with Crippen LogP contribution in [0.2, 0.25) is 0 Å². The molecule has 1 aliphatic heterocycles. The maximum atomic E-state index is 12.8. The molecule has 4 nitrogen and oxygen atoms in total. The van der Waals surface area contributed by atoms with Crippen molar-refractivity contribution < 1.29 is 18.0 Å². The summed E-state index contributed by atoms with van der Waals surface area (Å²) in [6, 6.07) is 9.01. The molecule has 0 bridgehead atoms. The van der Waals surface area contributed by atoms with E-state index < -0.39 is 29.8 Å². The van der Waals surface area contributed by atoms with Crippen molar-refractivity contribution in [1.82, 2.24) is 9.88 Å². The highest BCUT2D eigenvalue weighted by Crippen LogP contribution is 2.35. The first kappa shape index (κ1) is 17.6. The van der Waals surface area contributed by atoms with E-state index >= 15 is 0 Å². The van der Waals surface area contributed by atoms with Crippen molar-refractivity contribution >= 4 is 17.7 Å². The van der Waals surface area contributed by atoms with Gasteiger partial charge in [0.2, 0.25) is 5.91 Å². The number of benzene rings is 1. The van der Waals surface area contributed by atoms with Crippen LogP contribution in [0.15, 0.2) is 52.3 Å². The number of amides is 1. The lowest BCUT2D eigenvalue weighted by atomic mass is 10.0. The highest BCUT2D eigenvalue weighted by atomic mass is 32.2. The second kappa shape index (κ2) is 6.95. The van der Waals surface area contributed by atoms with E-state index in [9.17, 15) is 22.8 Å². The van der Waals surface area contributed by atoms with Crippen LogP contribution in [0.25, 0.3) is 0 Å². The van der Waals surface area contributed by atoms with Gasteiger partial charge in [-0.3, -0.25) is 9.59 Å². The van der Waals surface area contributed by atoms with E-state index in [1.54, 1.807) is 11.8 Å². The van der Waals surface area contributed by atoms with Crippen LogP contribution >= 0.6 is 11.8 Å². The first-order chi connectivity index (χ1) is 11.8. The molecule has 0 saturated heterocycles. The van der Waals surface area contributed by atoms with Gasteiger partial charge in [0, 0.05) is 22.9 Å². The number of fused-ring (bicyclic) bond motifs is 1. The lowest BCUT2D eigenvalue weighted by Gasteiger charge is -2.26. The van der Waals surface area contributed by atoms with E-state index in [1.165, 1.54) is 0 Å². The molecule has 1 aliphatic rings. The second-order valence-electron chi connectivity index (χ2n) is 5.68. The Bertz CT molecular complexity index is 848. The molecule has 0 spiro atoms. The van der Waals surface area contributed by atoms with Crippen molar-refractivity contribution in [2.45, 2.75) is 30.1 Å². The Morgan fingerprint density at radius 2 is 2.00 bits per heavy atom. The fourth-order valence-electron chi connectivity index (χ4n) is 2.71. The van der Waals surface area contributed by atoms with Gasteiger partial charge in [0.05, 0.1) is 11.6 Å². The minimum atomic E-state index is -4.56. The number of thioether (sulfide) groups is 1. The second-order valence-corrected chi connectivity index (χ2v) is 6.81. The quantitative estimate of drug-likeness (QED) is 0.905. The maximum Gasteiger partial charge on any atom is 0.417 e. The van der Waals surface area contributed by atoms with Gasteiger partial charge in [-0.1, -0.05) is 18.2 Å². The zero-order valence-electron chi connectivity index (χ0n) is 13.0. The van der Waals surface area contributed by atoms with E-state index in [1.807, 2.05) is 24.3 Å². The van der Waals surface area contributed by atoms with Crippen LogP contribution in [-0.4, -0.2) is 16.2 Å². The third-order valence-electron chi connectivity index (χ3n) is 3.92. The van der Waals surface area contributed by atoms with Gasteiger partial charge in [-0.15, -0.1) is 11.8 Å². The Morgan fingerprint density at radius 3 is 2.76 bits per heavy atom. The minimum Gasteiger partial charge on any atom is -0.348 e. The molecule has 1 amide bonds. The molecule has 1 atom stereocenters. The number of hydrogen-bond donors (Lipinski definition) is 1. The molecule has 1 aromatic heterocycles. The summed E-state index contributed by atoms with van der Waals surface area (Å²) in [6.07, 6.45) is -3.16. The van der Waals surface area contributed by atoms with Gasteiger partial charge in [-0.2, -0.15) is 13.2 Å². The number of rotatable bonds is 3. The highest BCUT2D eigenvalue weighted by Gasteiger charge is 2.31. The number of carbonyl (C=O) groups is 1. The standard InChI is InChI=1S/C17H15F3N2O2S/c18-17(19,20)11-5-6-16(24)22(9-11)10-15(23)21-13-7-8-25-14-4-2-1-3-12(13)14/h1-6,9,13H,7-8,10H2,(H,21,23)/t13-/m1/s1. The normalized spacial score (nSPS) is 17.0. The van der Waals surface area contributed by atoms with E-state index in [-0.39, 0.29) is 6.04 Å². The van der Waals surface area contributed by atoms with Gasteiger partial charge in [-0.25, -0.2) is 0 Å². The summed E-state index contributed by atoms with van der Waals surface area (Å²) in [5, 5.41) is 2.82. The van der Waals surface area contributed by atoms with E-state index in [0.717, 1.165) is 33.3 Å². The molecule has 0 aliphatic carbocycles. The first-order valence-corrected chi connectivity index (χ1v) is 8.62. The third-order valence-corrected chi connectivity index (χ3v) is 5.04. The fourth-order valence-corrected chi connectivity index (χ4v) is 3.83. The number of nitrogens with one attached hydrogen (secondary N) is 1. The van der Waals surface area contributed by atoms with Crippen LogP contribution in [0.3, 0.4) is 0 Å². The third kappa shape index (κ3) is 4.07. The molecule has 25 heavy (non-hydrogen) atoms. The lowest BCUT2D eigenvalue weighted by Crippen LogP contribution is -2.36. The number of alkyl halides is 3.